The molecule has 0 bridgehead atoms. The highest BCUT2D eigenvalue weighted by Crippen LogP contribution is 2.23. The molecule has 5 nitrogen and oxygen atoms in total. The van der Waals surface area contributed by atoms with E-state index in [1.165, 1.54) is 19.1 Å². The van der Waals surface area contributed by atoms with Crippen LogP contribution in [0.5, 0.6) is 0 Å². The van der Waals surface area contributed by atoms with Gasteiger partial charge in [0, 0.05) is 4.47 Å². The molecule has 7 heteroatoms. The van der Waals surface area contributed by atoms with Crippen LogP contribution in [0.25, 0.3) is 11.1 Å². The van der Waals surface area contributed by atoms with Gasteiger partial charge < -0.3 is 5.11 Å². The average Bonchev–Trinajstić information content (AvgIpc) is 2.47. The highest BCUT2D eigenvalue weighted by atomic mass is 79.9. The number of sulfonamides is 1. The number of benzene rings is 2. The van der Waals surface area contributed by atoms with Gasteiger partial charge in [0.1, 0.15) is 6.04 Å². The molecule has 2 N–H and O–H groups in total. The van der Waals surface area contributed by atoms with Crippen molar-refractivity contribution in [3.8, 4) is 11.1 Å². The Morgan fingerprint density at radius 1 is 1.05 bits per heavy atom. The minimum absolute atomic E-state index is 0.0291. The van der Waals surface area contributed by atoms with Gasteiger partial charge in [-0.1, -0.05) is 40.2 Å². The average molecular weight is 384 g/mol. The Balaban J connectivity index is 2.25. The lowest BCUT2D eigenvalue weighted by Gasteiger charge is -2.10. The fourth-order valence-electron chi connectivity index (χ4n) is 1.82. The Morgan fingerprint density at radius 2 is 1.50 bits per heavy atom. The molecule has 0 saturated heterocycles. The quantitative estimate of drug-likeness (QED) is 0.831. The summed E-state index contributed by atoms with van der Waals surface area (Å²) in [7, 11) is -3.85. The summed E-state index contributed by atoms with van der Waals surface area (Å²) in [6, 6.07) is 12.7. The minimum atomic E-state index is -3.85. The molecule has 2 aromatic rings. The zero-order valence-electron chi connectivity index (χ0n) is 11.7. The van der Waals surface area contributed by atoms with Gasteiger partial charge in [-0.25, -0.2) is 8.42 Å². The van der Waals surface area contributed by atoms with Crippen LogP contribution in [0.4, 0.5) is 0 Å². The predicted molar refractivity (Wildman–Crippen MR) is 87.0 cm³/mol. The number of carbonyl (C=O) groups is 1. The standard InChI is InChI=1S/C15H14BrNO4S/c1-10(15(18)19)17-22(20,21)14-8-4-12(5-9-14)11-2-6-13(16)7-3-11/h2-10,17H,1H3,(H,18,19). The second kappa shape index (κ2) is 6.60. The first-order valence-electron chi connectivity index (χ1n) is 6.41. The number of aliphatic carboxylic acids is 1. The third kappa shape index (κ3) is 3.94. The molecule has 0 aromatic heterocycles. The van der Waals surface area contributed by atoms with Gasteiger partial charge in [0.2, 0.25) is 10.0 Å². The molecule has 2 aromatic carbocycles. The van der Waals surface area contributed by atoms with E-state index in [4.69, 9.17) is 5.11 Å². The largest absolute Gasteiger partial charge is 0.480 e. The normalized spacial score (nSPS) is 12.8. The van der Waals surface area contributed by atoms with E-state index in [1.54, 1.807) is 12.1 Å². The Morgan fingerprint density at radius 3 is 1.95 bits per heavy atom. The summed E-state index contributed by atoms with van der Waals surface area (Å²) in [4.78, 5) is 10.8. The number of hydrogen-bond donors (Lipinski definition) is 2. The van der Waals surface area contributed by atoms with Gasteiger partial charge in [0.25, 0.3) is 0 Å². The zero-order valence-corrected chi connectivity index (χ0v) is 14.1. The Kier molecular flexibility index (Phi) is 5.00. The van der Waals surface area contributed by atoms with Crippen molar-refractivity contribution in [2.75, 3.05) is 0 Å². The van der Waals surface area contributed by atoms with Crippen LogP contribution in [0.15, 0.2) is 57.9 Å². The monoisotopic (exact) mass is 383 g/mol. The molecule has 0 spiro atoms. The van der Waals surface area contributed by atoms with Gasteiger partial charge in [-0.3, -0.25) is 4.79 Å². The van der Waals surface area contributed by atoms with Crippen LogP contribution in [0.1, 0.15) is 6.92 Å². The number of halogens is 1. The first-order chi connectivity index (χ1) is 10.3. The molecule has 0 aliphatic rings. The van der Waals surface area contributed by atoms with Crippen molar-refractivity contribution < 1.29 is 18.3 Å². The smallest absolute Gasteiger partial charge is 0.321 e. The lowest BCUT2D eigenvalue weighted by atomic mass is 10.1. The lowest BCUT2D eigenvalue weighted by Crippen LogP contribution is -2.38. The second-order valence-corrected chi connectivity index (χ2v) is 7.34. The summed E-state index contributed by atoms with van der Waals surface area (Å²) in [6.07, 6.45) is 0. The van der Waals surface area contributed by atoms with E-state index < -0.39 is 22.0 Å². The van der Waals surface area contributed by atoms with Crippen LogP contribution in [0.3, 0.4) is 0 Å². The number of hydrogen-bond acceptors (Lipinski definition) is 3. The van der Waals surface area contributed by atoms with Crippen LogP contribution in [-0.2, 0) is 14.8 Å². The Hall–Kier alpha value is -1.70. The van der Waals surface area contributed by atoms with Crippen molar-refractivity contribution in [3.63, 3.8) is 0 Å². The van der Waals surface area contributed by atoms with Crippen LogP contribution in [-0.4, -0.2) is 25.5 Å². The molecular formula is C15H14BrNO4S. The molecule has 0 fully saturated rings. The summed E-state index contributed by atoms with van der Waals surface area (Å²) < 4.78 is 27.2. The molecule has 0 heterocycles. The fourth-order valence-corrected chi connectivity index (χ4v) is 3.28. The molecule has 2 rings (SSSR count). The third-order valence-electron chi connectivity index (χ3n) is 3.04. The molecule has 0 radical (unpaired) electrons. The van der Waals surface area contributed by atoms with Crippen LogP contribution in [0, 0.1) is 0 Å². The maximum atomic E-state index is 12.1. The minimum Gasteiger partial charge on any atom is -0.480 e. The van der Waals surface area contributed by atoms with Crippen LogP contribution in [0.2, 0.25) is 0 Å². The van der Waals surface area contributed by atoms with E-state index in [9.17, 15) is 13.2 Å². The fraction of sp³-hybridized carbons (Fsp3) is 0.133. The van der Waals surface area contributed by atoms with E-state index in [1.807, 2.05) is 24.3 Å². The number of carboxylic acids is 1. The SMILES string of the molecule is CC(NS(=O)(=O)c1ccc(-c2ccc(Br)cc2)cc1)C(=O)O. The zero-order chi connectivity index (χ0) is 16.3. The molecule has 1 atom stereocenters. The Labute approximate surface area is 137 Å². The summed E-state index contributed by atoms with van der Waals surface area (Å²) in [5, 5.41) is 8.78. The van der Waals surface area contributed by atoms with Gasteiger partial charge in [-0.15, -0.1) is 0 Å². The molecule has 0 aliphatic carbocycles. The molecule has 116 valence electrons. The van der Waals surface area contributed by atoms with Crippen molar-refractivity contribution in [1.82, 2.24) is 4.72 Å². The Bertz CT molecular complexity index is 770. The van der Waals surface area contributed by atoms with Crippen molar-refractivity contribution in [3.05, 3.63) is 53.0 Å². The second-order valence-electron chi connectivity index (χ2n) is 4.71. The van der Waals surface area contributed by atoms with E-state index in [2.05, 4.69) is 20.7 Å². The van der Waals surface area contributed by atoms with Gasteiger partial charge in [-0.05, 0) is 42.3 Å². The molecule has 1 unspecified atom stereocenters. The first-order valence-corrected chi connectivity index (χ1v) is 8.68. The summed E-state index contributed by atoms with van der Waals surface area (Å²) in [6.45, 7) is 1.27. The summed E-state index contributed by atoms with van der Waals surface area (Å²) >= 11 is 3.35. The third-order valence-corrected chi connectivity index (χ3v) is 5.13. The maximum absolute atomic E-state index is 12.1. The van der Waals surface area contributed by atoms with E-state index in [0.29, 0.717) is 0 Å². The lowest BCUT2D eigenvalue weighted by molar-refractivity contribution is -0.138. The number of rotatable bonds is 5. The summed E-state index contributed by atoms with van der Waals surface area (Å²) in [5.74, 6) is -1.23. The van der Waals surface area contributed by atoms with E-state index in [-0.39, 0.29) is 4.90 Å². The van der Waals surface area contributed by atoms with E-state index >= 15 is 0 Å². The predicted octanol–water partition coefficient (Wildman–Crippen LogP) is 2.87. The van der Waals surface area contributed by atoms with Crippen molar-refractivity contribution >= 4 is 31.9 Å². The van der Waals surface area contributed by atoms with Crippen molar-refractivity contribution in [2.45, 2.75) is 17.9 Å². The number of carboxylic acid groups (broad SMARTS) is 1. The van der Waals surface area contributed by atoms with E-state index in [0.717, 1.165) is 15.6 Å². The molecule has 22 heavy (non-hydrogen) atoms. The highest BCUT2D eigenvalue weighted by Gasteiger charge is 2.21. The maximum Gasteiger partial charge on any atom is 0.321 e. The van der Waals surface area contributed by atoms with Gasteiger partial charge in [0.05, 0.1) is 4.90 Å². The number of nitrogens with one attached hydrogen (secondary N) is 1. The van der Waals surface area contributed by atoms with Crippen LogP contribution >= 0.6 is 15.9 Å². The molecule has 0 amide bonds. The van der Waals surface area contributed by atoms with Crippen molar-refractivity contribution in [2.24, 2.45) is 0 Å². The van der Waals surface area contributed by atoms with Gasteiger partial charge >= 0.3 is 5.97 Å². The first kappa shape index (κ1) is 16.7. The highest BCUT2D eigenvalue weighted by molar-refractivity contribution is 9.10. The summed E-state index contributed by atoms with van der Waals surface area (Å²) in [5.41, 5.74) is 1.83. The molecule has 0 saturated carbocycles. The molecular weight excluding hydrogens is 370 g/mol. The van der Waals surface area contributed by atoms with Crippen molar-refractivity contribution in [1.29, 1.82) is 0 Å². The molecule has 0 aliphatic heterocycles. The topological polar surface area (TPSA) is 83.5 Å². The van der Waals surface area contributed by atoms with Crippen LogP contribution < -0.4 is 4.72 Å². The van der Waals surface area contributed by atoms with Gasteiger partial charge in [0.15, 0.2) is 0 Å². The van der Waals surface area contributed by atoms with Gasteiger partial charge in [-0.2, -0.15) is 4.72 Å².